The molecular formula is C20H27N3O4. The number of hydrogen-bond donors (Lipinski definition) is 2. The number of carbonyl (C=O) groups is 2. The van der Waals surface area contributed by atoms with Gasteiger partial charge in [0, 0.05) is 24.8 Å². The number of ether oxygens (including phenoxy) is 1. The predicted molar refractivity (Wildman–Crippen MR) is 102 cm³/mol. The number of carboxylic acid groups (broad SMARTS) is 1. The van der Waals surface area contributed by atoms with Gasteiger partial charge in [-0.05, 0) is 38.8 Å². The van der Waals surface area contributed by atoms with E-state index in [-0.39, 0.29) is 18.9 Å². The first-order valence-corrected chi connectivity index (χ1v) is 8.88. The van der Waals surface area contributed by atoms with E-state index in [0.29, 0.717) is 5.75 Å². The number of amides is 1. The summed E-state index contributed by atoms with van der Waals surface area (Å²) in [5.41, 5.74) is 3.42. The van der Waals surface area contributed by atoms with E-state index >= 15 is 0 Å². The minimum absolute atomic E-state index is 0.0505. The Kier molecular flexibility index (Phi) is 6.60. The Bertz CT molecular complexity index is 829. The molecule has 0 aliphatic rings. The molecule has 0 aliphatic heterocycles. The summed E-state index contributed by atoms with van der Waals surface area (Å²) in [6.07, 6.45) is 0.277. The normalized spacial score (nSPS) is 13.1. The monoisotopic (exact) mass is 373 g/mol. The molecule has 0 saturated carbocycles. The van der Waals surface area contributed by atoms with Gasteiger partial charge in [-0.2, -0.15) is 5.10 Å². The molecule has 7 heteroatoms. The van der Waals surface area contributed by atoms with Crippen LogP contribution in [0.2, 0.25) is 0 Å². The van der Waals surface area contributed by atoms with Gasteiger partial charge in [0.25, 0.3) is 0 Å². The van der Waals surface area contributed by atoms with E-state index in [2.05, 4.69) is 10.4 Å². The van der Waals surface area contributed by atoms with Crippen molar-refractivity contribution in [2.75, 3.05) is 13.7 Å². The number of nitrogens with one attached hydrogen (secondary N) is 1. The molecule has 0 aliphatic carbocycles. The van der Waals surface area contributed by atoms with E-state index < -0.39 is 17.8 Å². The number of methoxy groups -OCH3 is 1. The molecule has 7 nitrogen and oxygen atoms in total. The number of carboxylic acids is 1. The number of hydrogen-bond acceptors (Lipinski definition) is 4. The van der Waals surface area contributed by atoms with Crippen molar-refractivity contribution >= 4 is 11.9 Å². The van der Waals surface area contributed by atoms with Crippen molar-refractivity contribution in [2.24, 2.45) is 13.0 Å². The first kappa shape index (κ1) is 20.5. The largest absolute Gasteiger partial charge is 0.496 e. The number of benzene rings is 1. The second-order valence-electron chi connectivity index (χ2n) is 6.73. The predicted octanol–water partition coefficient (Wildman–Crippen LogP) is 2.21. The Morgan fingerprint density at radius 3 is 2.52 bits per heavy atom. The van der Waals surface area contributed by atoms with E-state index in [1.54, 1.807) is 17.9 Å². The molecular weight excluding hydrogens is 346 g/mol. The number of nitrogens with zero attached hydrogens (tertiary/aromatic N) is 2. The fourth-order valence-electron chi connectivity index (χ4n) is 3.31. The van der Waals surface area contributed by atoms with Crippen molar-refractivity contribution in [3.8, 4) is 5.75 Å². The van der Waals surface area contributed by atoms with Crippen LogP contribution in [0.4, 0.5) is 0 Å². The van der Waals surface area contributed by atoms with Crippen LogP contribution in [0.5, 0.6) is 5.75 Å². The number of aryl methyl sites for hydroxylation is 2. The third-order valence-electron chi connectivity index (χ3n) is 4.92. The van der Waals surface area contributed by atoms with Crippen molar-refractivity contribution < 1.29 is 19.4 Å². The summed E-state index contributed by atoms with van der Waals surface area (Å²) in [6.45, 7) is 5.64. The van der Waals surface area contributed by atoms with Gasteiger partial charge in [-0.25, -0.2) is 0 Å². The summed E-state index contributed by atoms with van der Waals surface area (Å²) in [6, 6.07) is 7.30. The highest BCUT2D eigenvalue weighted by atomic mass is 16.5. The quantitative estimate of drug-likeness (QED) is 0.740. The summed E-state index contributed by atoms with van der Waals surface area (Å²) in [4.78, 5) is 24.3. The summed E-state index contributed by atoms with van der Waals surface area (Å²) in [5, 5.41) is 16.7. The molecule has 1 aromatic heterocycles. The smallest absolute Gasteiger partial charge is 0.308 e. The summed E-state index contributed by atoms with van der Waals surface area (Å²) >= 11 is 0. The summed E-state index contributed by atoms with van der Waals surface area (Å²) in [7, 11) is 3.39. The Balaban J connectivity index is 2.07. The zero-order valence-corrected chi connectivity index (χ0v) is 16.4. The van der Waals surface area contributed by atoms with Crippen LogP contribution in [-0.4, -0.2) is 40.4 Å². The number of para-hydroxylation sites is 1. The first-order chi connectivity index (χ1) is 12.8. The van der Waals surface area contributed by atoms with Crippen molar-refractivity contribution in [3.63, 3.8) is 0 Å². The van der Waals surface area contributed by atoms with Crippen molar-refractivity contribution in [3.05, 3.63) is 46.8 Å². The third kappa shape index (κ3) is 4.67. The van der Waals surface area contributed by atoms with Gasteiger partial charge in [0.05, 0.1) is 24.6 Å². The molecule has 2 unspecified atom stereocenters. The maximum Gasteiger partial charge on any atom is 0.308 e. The highest BCUT2D eigenvalue weighted by Crippen LogP contribution is 2.24. The molecule has 146 valence electrons. The topological polar surface area (TPSA) is 93.5 Å². The Hall–Kier alpha value is -2.83. The van der Waals surface area contributed by atoms with Gasteiger partial charge in [0.2, 0.25) is 5.91 Å². The SMILES string of the molecule is COc1ccccc1CC(CNC(=O)C(C)c1c(C)nn(C)c1C)C(=O)O. The average molecular weight is 373 g/mol. The van der Waals surface area contributed by atoms with Crippen LogP contribution in [-0.2, 0) is 23.1 Å². The summed E-state index contributed by atoms with van der Waals surface area (Å²) in [5.74, 6) is -1.67. The second-order valence-corrected chi connectivity index (χ2v) is 6.73. The number of aliphatic carboxylic acids is 1. The molecule has 0 radical (unpaired) electrons. The lowest BCUT2D eigenvalue weighted by Gasteiger charge is -2.18. The average Bonchev–Trinajstić information content (AvgIpc) is 2.89. The lowest BCUT2D eigenvalue weighted by molar-refractivity contribution is -0.141. The molecule has 2 atom stereocenters. The highest BCUT2D eigenvalue weighted by molar-refractivity contribution is 5.84. The zero-order chi connectivity index (χ0) is 20.1. The second kappa shape index (κ2) is 8.70. The van der Waals surface area contributed by atoms with Crippen LogP contribution in [0.3, 0.4) is 0 Å². The third-order valence-corrected chi connectivity index (χ3v) is 4.92. The summed E-state index contributed by atoms with van der Waals surface area (Å²) < 4.78 is 7.03. The van der Waals surface area contributed by atoms with Crippen LogP contribution in [0.25, 0.3) is 0 Å². The standard InChI is InChI=1S/C20H27N3O4/c1-12(18-13(2)22-23(4)14(18)3)19(24)21-11-16(20(25)26)10-15-8-6-7-9-17(15)27-5/h6-9,12,16H,10-11H2,1-5H3,(H,21,24)(H,25,26). The van der Waals surface area contributed by atoms with Gasteiger partial charge in [-0.3, -0.25) is 14.3 Å². The molecule has 1 aromatic carbocycles. The maximum atomic E-state index is 12.6. The number of carbonyl (C=O) groups excluding carboxylic acids is 1. The van der Waals surface area contributed by atoms with Crippen LogP contribution in [0.15, 0.2) is 24.3 Å². The molecule has 2 rings (SSSR count). The Morgan fingerprint density at radius 1 is 1.30 bits per heavy atom. The lowest BCUT2D eigenvalue weighted by atomic mass is 9.96. The van der Waals surface area contributed by atoms with E-state index in [4.69, 9.17) is 4.74 Å². The van der Waals surface area contributed by atoms with E-state index in [1.807, 2.05) is 46.0 Å². The van der Waals surface area contributed by atoms with Crippen LogP contribution in [0, 0.1) is 19.8 Å². The molecule has 1 amide bonds. The molecule has 0 fully saturated rings. The Labute approximate surface area is 159 Å². The zero-order valence-electron chi connectivity index (χ0n) is 16.4. The van der Waals surface area contributed by atoms with Gasteiger partial charge in [-0.15, -0.1) is 0 Å². The highest BCUT2D eigenvalue weighted by Gasteiger charge is 2.25. The molecule has 1 heterocycles. The van der Waals surface area contributed by atoms with Crippen LogP contribution < -0.4 is 10.1 Å². The first-order valence-electron chi connectivity index (χ1n) is 8.88. The fourth-order valence-corrected chi connectivity index (χ4v) is 3.31. The van der Waals surface area contributed by atoms with Crippen molar-refractivity contribution in [1.82, 2.24) is 15.1 Å². The molecule has 0 spiro atoms. The van der Waals surface area contributed by atoms with Gasteiger partial charge in [-0.1, -0.05) is 18.2 Å². The molecule has 2 N–H and O–H groups in total. The van der Waals surface area contributed by atoms with Gasteiger partial charge in [0.1, 0.15) is 5.75 Å². The van der Waals surface area contributed by atoms with Crippen molar-refractivity contribution in [1.29, 1.82) is 0 Å². The Morgan fingerprint density at radius 2 is 1.96 bits per heavy atom. The van der Waals surface area contributed by atoms with Gasteiger partial charge < -0.3 is 15.2 Å². The minimum Gasteiger partial charge on any atom is -0.496 e. The molecule has 0 bridgehead atoms. The number of rotatable bonds is 8. The lowest BCUT2D eigenvalue weighted by Crippen LogP contribution is -2.36. The fraction of sp³-hybridized carbons (Fsp3) is 0.450. The molecule has 0 saturated heterocycles. The van der Waals surface area contributed by atoms with Gasteiger partial charge >= 0.3 is 5.97 Å². The molecule has 2 aromatic rings. The number of aromatic nitrogens is 2. The van der Waals surface area contributed by atoms with E-state index in [0.717, 1.165) is 22.5 Å². The van der Waals surface area contributed by atoms with Crippen LogP contribution >= 0.6 is 0 Å². The van der Waals surface area contributed by atoms with Gasteiger partial charge in [0.15, 0.2) is 0 Å². The van der Waals surface area contributed by atoms with E-state index in [9.17, 15) is 14.7 Å². The van der Waals surface area contributed by atoms with Crippen molar-refractivity contribution in [2.45, 2.75) is 33.1 Å². The molecule has 27 heavy (non-hydrogen) atoms. The minimum atomic E-state index is -0.956. The van der Waals surface area contributed by atoms with E-state index in [1.165, 1.54) is 0 Å². The maximum absolute atomic E-state index is 12.6. The van der Waals surface area contributed by atoms with Crippen LogP contribution in [0.1, 0.15) is 35.4 Å².